The van der Waals surface area contributed by atoms with Crippen molar-refractivity contribution in [3.63, 3.8) is 0 Å². The first-order valence-electron chi connectivity index (χ1n) is 9.85. The number of benzene rings is 2. The van der Waals surface area contributed by atoms with E-state index in [-0.39, 0.29) is 18.6 Å². The van der Waals surface area contributed by atoms with Crippen molar-refractivity contribution in [1.82, 2.24) is 10.6 Å². The van der Waals surface area contributed by atoms with Gasteiger partial charge in [0.2, 0.25) is 17.7 Å². The van der Waals surface area contributed by atoms with Gasteiger partial charge in [-0.25, -0.2) is 4.79 Å². The molecule has 0 heterocycles. The highest BCUT2D eigenvalue weighted by molar-refractivity contribution is 5.93. The summed E-state index contributed by atoms with van der Waals surface area (Å²) in [6.07, 6.45) is -0.368. The van der Waals surface area contributed by atoms with Gasteiger partial charge in [0, 0.05) is 6.42 Å². The minimum atomic E-state index is -1.54. The third kappa shape index (κ3) is 7.73. The zero-order chi connectivity index (χ0) is 23.7. The van der Waals surface area contributed by atoms with E-state index in [0.717, 1.165) is 5.56 Å². The van der Waals surface area contributed by atoms with Crippen LogP contribution in [0.25, 0.3) is 0 Å². The van der Waals surface area contributed by atoms with Gasteiger partial charge in [-0.05, 0) is 29.7 Å². The minimum absolute atomic E-state index is 0.00117. The van der Waals surface area contributed by atoms with Crippen LogP contribution in [0.3, 0.4) is 0 Å². The number of carboxylic acid groups (broad SMARTS) is 1. The second-order valence-electron chi connectivity index (χ2n) is 7.30. The highest BCUT2D eigenvalue weighted by Gasteiger charge is 2.29. The van der Waals surface area contributed by atoms with Crippen LogP contribution in [-0.2, 0) is 32.0 Å². The molecule has 2 rings (SSSR count). The van der Waals surface area contributed by atoms with E-state index in [1.807, 2.05) is 30.3 Å². The van der Waals surface area contributed by atoms with Crippen LogP contribution >= 0.6 is 0 Å². The number of primary amides is 1. The maximum atomic E-state index is 12.8. The van der Waals surface area contributed by atoms with E-state index in [0.29, 0.717) is 5.56 Å². The first kappa shape index (κ1) is 24.4. The summed E-state index contributed by atoms with van der Waals surface area (Å²) in [5, 5.41) is 23.5. The SMILES string of the molecule is NC(=O)C[C@H](NC(=O)[C@H](Cc1ccc(O)cc1)NC(=O)[C@@H](N)Cc1ccccc1)C(=O)O. The molecule has 10 nitrogen and oxygen atoms in total. The number of aromatic hydroxyl groups is 1. The number of rotatable bonds is 11. The molecule has 8 N–H and O–H groups in total. The number of phenolic OH excluding ortho intramolecular Hbond substituents is 1. The largest absolute Gasteiger partial charge is 0.508 e. The van der Waals surface area contributed by atoms with Crippen molar-refractivity contribution in [2.45, 2.75) is 37.4 Å². The Morgan fingerprint density at radius 1 is 0.812 bits per heavy atom. The van der Waals surface area contributed by atoms with Crippen molar-refractivity contribution >= 4 is 23.7 Å². The van der Waals surface area contributed by atoms with E-state index in [2.05, 4.69) is 10.6 Å². The third-order valence-corrected chi connectivity index (χ3v) is 4.66. The summed E-state index contributed by atoms with van der Waals surface area (Å²) in [5.41, 5.74) is 12.5. The molecule has 2 aromatic rings. The third-order valence-electron chi connectivity index (χ3n) is 4.66. The van der Waals surface area contributed by atoms with Gasteiger partial charge in [0.15, 0.2) is 0 Å². The van der Waals surface area contributed by atoms with Gasteiger partial charge in [-0.1, -0.05) is 42.5 Å². The monoisotopic (exact) mass is 442 g/mol. The van der Waals surface area contributed by atoms with Gasteiger partial charge in [-0.3, -0.25) is 14.4 Å². The Morgan fingerprint density at radius 2 is 1.38 bits per heavy atom. The molecule has 170 valence electrons. The minimum Gasteiger partial charge on any atom is -0.508 e. The fourth-order valence-corrected chi connectivity index (χ4v) is 2.99. The number of carboxylic acids is 1. The van der Waals surface area contributed by atoms with Crippen molar-refractivity contribution < 1.29 is 29.4 Å². The van der Waals surface area contributed by atoms with Crippen molar-refractivity contribution in [2.75, 3.05) is 0 Å². The topological polar surface area (TPSA) is 185 Å². The lowest BCUT2D eigenvalue weighted by atomic mass is 10.0. The second-order valence-corrected chi connectivity index (χ2v) is 7.30. The fourth-order valence-electron chi connectivity index (χ4n) is 2.99. The van der Waals surface area contributed by atoms with Crippen LogP contribution in [0.4, 0.5) is 0 Å². The van der Waals surface area contributed by atoms with Crippen molar-refractivity contribution in [3.05, 3.63) is 65.7 Å². The highest BCUT2D eigenvalue weighted by atomic mass is 16.4. The number of carbonyl (C=O) groups excluding carboxylic acids is 3. The Balaban J connectivity index is 2.15. The van der Waals surface area contributed by atoms with Crippen LogP contribution in [-0.4, -0.2) is 52.0 Å². The summed E-state index contributed by atoms with van der Waals surface area (Å²) in [7, 11) is 0. The Kier molecular flexibility index (Phi) is 8.72. The molecule has 0 spiro atoms. The predicted molar refractivity (Wildman–Crippen MR) is 115 cm³/mol. The molecule has 0 aliphatic carbocycles. The van der Waals surface area contributed by atoms with Crippen molar-refractivity contribution in [3.8, 4) is 5.75 Å². The Labute approximate surface area is 184 Å². The number of nitrogens with one attached hydrogen (secondary N) is 2. The normalized spacial score (nSPS) is 13.4. The van der Waals surface area contributed by atoms with Crippen LogP contribution in [0.15, 0.2) is 54.6 Å². The van der Waals surface area contributed by atoms with E-state index in [1.54, 1.807) is 12.1 Å². The predicted octanol–water partition coefficient (Wildman–Crippen LogP) is -0.566. The first-order chi connectivity index (χ1) is 15.2. The quantitative estimate of drug-likeness (QED) is 0.269. The van der Waals surface area contributed by atoms with Gasteiger partial charge in [-0.15, -0.1) is 0 Å². The smallest absolute Gasteiger partial charge is 0.326 e. The van der Waals surface area contributed by atoms with E-state index < -0.39 is 48.2 Å². The lowest BCUT2D eigenvalue weighted by Crippen LogP contribution is -2.56. The van der Waals surface area contributed by atoms with E-state index >= 15 is 0 Å². The maximum absolute atomic E-state index is 12.8. The molecule has 3 atom stereocenters. The first-order valence-corrected chi connectivity index (χ1v) is 9.85. The van der Waals surface area contributed by atoms with Gasteiger partial charge in [0.1, 0.15) is 17.8 Å². The summed E-state index contributed by atoms with van der Waals surface area (Å²) in [6, 6.07) is 11.4. The number of phenols is 1. The number of amides is 3. The molecule has 2 aromatic carbocycles. The number of hydrogen-bond donors (Lipinski definition) is 6. The Morgan fingerprint density at radius 3 is 1.94 bits per heavy atom. The fraction of sp³-hybridized carbons (Fsp3) is 0.273. The average Bonchev–Trinajstić information content (AvgIpc) is 2.74. The van der Waals surface area contributed by atoms with E-state index in [9.17, 15) is 29.4 Å². The summed E-state index contributed by atoms with van der Waals surface area (Å²) in [4.78, 5) is 47.9. The molecule has 0 bridgehead atoms. The molecule has 3 amide bonds. The Bertz CT molecular complexity index is 949. The van der Waals surface area contributed by atoms with Gasteiger partial charge in [0.05, 0.1) is 12.5 Å². The molecule has 0 fully saturated rings. The summed E-state index contributed by atoms with van der Waals surface area (Å²) >= 11 is 0. The molecule has 0 unspecified atom stereocenters. The molecule has 0 aliphatic heterocycles. The molecular weight excluding hydrogens is 416 g/mol. The van der Waals surface area contributed by atoms with E-state index in [1.165, 1.54) is 12.1 Å². The van der Waals surface area contributed by atoms with Crippen LogP contribution in [0.5, 0.6) is 5.75 Å². The lowest BCUT2D eigenvalue weighted by molar-refractivity contribution is -0.143. The highest BCUT2D eigenvalue weighted by Crippen LogP contribution is 2.12. The molecular formula is C22H26N4O6. The molecule has 10 heteroatoms. The Hall–Kier alpha value is -3.92. The van der Waals surface area contributed by atoms with Crippen molar-refractivity contribution in [2.24, 2.45) is 11.5 Å². The van der Waals surface area contributed by atoms with Gasteiger partial charge >= 0.3 is 5.97 Å². The van der Waals surface area contributed by atoms with Crippen molar-refractivity contribution in [1.29, 1.82) is 0 Å². The van der Waals surface area contributed by atoms with Crippen LogP contribution in [0.1, 0.15) is 17.5 Å². The molecule has 0 radical (unpaired) electrons. The van der Waals surface area contributed by atoms with Crippen LogP contribution in [0, 0.1) is 0 Å². The van der Waals surface area contributed by atoms with Gasteiger partial charge < -0.3 is 32.3 Å². The second kappa shape index (κ2) is 11.5. The molecule has 0 aliphatic rings. The molecule has 0 aromatic heterocycles. The molecule has 32 heavy (non-hydrogen) atoms. The van der Waals surface area contributed by atoms with Crippen LogP contribution in [0.2, 0.25) is 0 Å². The number of aliphatic carboxylic acids is 1. The summed E-state index contributed by atoms with van der Waals surface area (Å²) in [6.45, 7) is 0. The van der Waals surface area contributed by atoms with Crippen LogP contribution < -0.4 is 22.1 Å². The summed E-state index contributed by atoms with van der Waals surface area (Å²) < 4.78 is 0. The number of carbonyl (C=O) groups is 4. The lowest BCUT2D eigenvalue weighted by Gasteiger charge is -2.23. The summed E-state index contributed by atoms with van der Waals surface area (Å²) in [5.74, 6) is -3.73. The average molecular weight is 442 g/mol. The van der Waals surface area contributed by atoms with Gasteiger partial charge in [0.25, 0.3) is 0 Å². The number of nitrogens with two attached hydrogens (primary N) is 2. The molecule has 0 saturated heterocycles. The zero-order valence-corrected chi connectivity index (χ0v) is 17.2. The standard InChI is InChI=1S/C22H26N4O6/c23-16(10-13-4-2-1-3-5-13)20(29)25-17(11-14-6-8-15(27)9-7-14)21(30)26-18(22(31)32)12-19(24)28/h1-9,16-18,27H,10-12,23H2,(H2,24,28)(H,25,29)(H,26,30)(H,31,32)/t16-,17-,18-/m0/s1. The number of hydrogen-bond acceptors (Lipinski definition) is 6. The maximum Gasteiger partial charge on any atom is 0.326 e. The van der Waals surface area contributed by atoms with E-state index in [4.69, 9.17) is 11.5 Å². The molecule has 0 saturated carbocycles. The van der Waals surface area contributed by atoms with Gasteiger partial charge in [-0.2, -0.15) is 0 Å². The zero-order valence-electron chi connectivity index (χ0n) is 17.2.